The molecule has 0 unspecified atom stereocenters. The van der Waals surface area contributed by atoms with Crippen LogP contribution in [-0.4, -0.2) is 50.6 Å². The van der Waals surface area contributed by atoms with Crippen LogP contribution in [-0.2, 0) is 0 Å². The fourth-order valence-corrected chi connectivity index (χ4v) is 3.56. The molecule has 1 saturated heterocycles. The number of halogens is 1. The maximum Gasteiger partial charge on any atom is 0.224 e. The second kappa shape index (κ2) is 7.71. The van der Waals surface area contributed by atoms with Gasteiger partial charge in [0.05, 0.1) is 11.9 Å². The number of imidazole rings is 1. The van der Waals surface area contributed by atoms with Crippen LogP contribution in [0.4, 0.5) is 22.0 Å². The summed E-state index contributed by atoms with van der Waals surface area (Å²) < 4.78 is 16.1. The van der Waals surface area contributed by atoms with Crippen molar-refractivity contribution in [1.82, 2.24) is 24.4 Å². The molecule has 3 heterocycles. The number of nitrogens with one attached hydrogen (secondary N) is 2. The molecule has 28 heavy (non-hydrogen) atoms. The molecular formula is C20H26FN7. The Kier molecular flexibility index (Phi) is 5.13. The van der Waals surface area contributed by atoms with Crippen LogP contribution in [0, 0.1) is 5.82 Å². The van der Waals surface area contributed by atoms with Crippen LogP contribution in [0.5, 0.6) is 0 Å². The summed E-state index contributed by atoms with van der Waals surface area (Å²) in [7, 11) is 2.14. The largest absolute Gasteiger partial charge is 0.351 e. The fraction of sp³-hybridized carbons (Fsp3) is 0.450. The van der Waals surface area contributed by atoms with Crippen molar-refractivity contribution < 1.29 is 4.39 Å². The topological polar surface area (TPSA) is 70.9 Å². The van der Waals surface area contributed by atoms with Gasteiger partial charge in [0.25, 0.3) is 0 Å². The third-order valence-electron chi connectivity index (χ3n) is 5.12. The molecule has 1 fully saturated rings. The van der Waals surface area contributed by atoms with E-state index in [1.54, 1.807) is 24.4 Å². The molecule has 0 saturated carbocycles. The predicted molar refractivity (Wildman–Crippen MR) is 110 cm³/mol. The molecular weight excluding hydrogens is 357 g/mol. The summed E-state index contributed by atoms with van der Waals surface area (Å²) in [5, 5.41) is 6.56. The van der Waals surface area contributed by atoms with E-state index in [4.69, 9.17) is 4.98 Å². The third kappa shape index (κ3) is 3.77. The molecule has 0 atom stereocenters. The number of hydrogen-bond acceptors (Lipinski definition) is 6. The normalized spacial score (nSPS) is 16.0. The van der Waals surface area contributed by atoms with Gasteiger partial charge in [-0.05, 0) is 59.0 Å². The van der Waals surface area contributed by atoms with Gasteiger partial charge in [0.1, 0.15) is 11.3 Å². The molecule has 2 N–H and O–H groups in total. The summed E-state index contributed by atoms with van der Waals surface area (Å²) in [6.07, 6.45) is 3.87. The van der Waals surface area contributed by atoms with Crippen LogP contribution in [0.2, 0.25) is 0 Å². The minimum atomic E-state index is -0.319. The minimum absolute atomic E-state index is 0.102. The van der Waals surface area contributed by atoms with Crippen LogP contribution >= 0.6 is 0 Å². The van der Waals surface area contributed by atoms with Gasteiger partial charge in [0, 0.05) is 12.1 Å². The Morgan fingerprint density at radius 1 is 1.14 bits per heavy atom. The van der Waals surface area contributed by atoms with Gasteiger partial charge in [0.2, 0.25) is 11.9 Å². The molecule has 1 aromatic carbocycles. The summed E-state index contributed by atoms with van der Waals surface area (Å²) in [6, 6.07) is 7.05. The fourth-order valence-electron chi connectivity index (χ4n) is 3.56. The van der Waals surface area contributed by atoms with E-state index in [2.05, 4.69) is 46.4 Å². The van der Waals surface area contributed by atoms with Crippen molar-refractivity contribution in [3.05, 3.63) is 36.3 Å². The van der Waals surface area contributed by atoms with E-state index in [1.807, 2.05) is 4.57 Å². The minimum Gasteiger partial charge on any atom is -0.351 e. The third-order valence-corrected chi connectivity index (χ3v) is 5.12. The quantitative estimate of drug-likeness (QED) is 0.698. The van der Waals surface area contributed by atoms with Crippen molar-refractivity contribution in [2.45, 2.75) is 38.8 Å². The monoisotopic (exact) mass is 383 g/mol. The molecule has 148 valence electrons. The molecule has 7 nitrogen and oxygen atoms in total. The second-order valence-corrected chi connectivity index (χ2v) is 7.63. The van der Waals surface area contributed by atoms with Crippen molar-refractivity contribution in [3.63, 3.8) is 0 Å². The van der Waals surface area contributed by atoms with Gasteiger partial charge in [-0.15, -0.1) is 0 Å². The van der Waals surface area contributed by atoms with E-state index in [-0.39, 0.29) is 11.9 Å². The van der Waals surface area contributed by atoms with Gasteiger partial charge in [-0.1, -0.05) is 12.1 Å². The first kappa shape index (κ1) is 18.6. The van der Waals surface area contributed by atoms with E-state index in [0.29, 0.717) is 29.1 Å². The van der Waals surface area contributed by atoms with E-state index in [9.17, 15) is 4.39 Å². The van der Waals surface area contributed by atoms with Crippen molar-refractivity contribution in [2.24, 2.45) is 0 Å². The molecule has 4 rings (SSSR count). The Labute approximate surface area is 164 Å². The Bertz CT molecular complexity index is 960. The summed E-state index contributed by atoms with van der Waals surface area (Å²) in [6.45, 7) is 6.25. The molecule has 0 radical (unpaired) electrons. The van der Waals surface area contributed by atoms with E-state index >= 15 is 0 Å². The van der Waals surface area contributed by atoms with Crippen molar-refractivity contribution >= 4 is 28.7 Å². The van der Waals surface area contributed by atoms with Crippen LogP contribution in [0.25, 0.3) is 11.2 Å². The lowest BCUT2D eigenvalue weighted by molar-refractivity contribution is 0.263. The van der Waals surface area contributed by atoms with E-state index in [0.717, 1.165) is 31.6 Å². The number of anilines is 3. The number of fused-ring (bicyclic) bond motifs is 1. The molecule has 1 aliphatic heterocycles. The average Bonchev–Trinajstić information content (AvgIpc) is 3.03. The van der Waals surface area contributed by atoms with Crippen molar-refractivity contribution in [2.75, 3.05) is 30.8 Å². The lowest BCUT2D eigenvalue weighted by atomic mass is 10.1. The first-order chi connectivity index (χ1) is 13.5. The van der Waals surface area contributed by atoms with Gasteiger partial charge >= 0.3 is 0 Å². The van der Waals surface area contributed by atoms with Crippen molar-refractivity contribution in [1.29, 1.82) is 0 Å². The Morgan fingerprint density at radius 2 is 1.89 bits per heavy atom. The number of likely N-dealkylation sites (tertiary alicyclic amines) is 1. The highest BCUT2D eigenvalue weighted by Crippen LogP contribution is 2.27. The second-order valence-electron chi connectivity index (χ2n) is 7.63. The predicted octanol–water partition coefficient (Wildman–Crippen LogP) is 3.80. The molecule has 0 bridgehead atoms. The zero-order valence-electron chi connectivity index (χ0n) is 16.5. The summed E-state index contributed by atoms with van der Waals surface area (Å²) >= 11 is 0. The zero-order valence-corrected chi connectivity index (χ0v) is 16.5. The number of rotatable bonds is 5. The van der Waals surface area contributed by atoms with Crippen LogP contribution in [0.1, 0.15) is 32.7 Å². The molecule has 1 aliphatic rings. The number of aromatic nitrogens is 4. The summed E-state index contributed by atoms with van der Waals surface area (Å²) in [5.74, 6) is 0.850. The van der Waals surface area contributed by atoms with Crippen LogP contribution < -0.4 is 10.6 Å². The highest BCUT2D eigenvalue weighted by Gasteiger charge is 2.20. The van der Waals surface area contributed by atoms with Gasteiger partial charge in [-0.2, -0.15) is 4.98 Å². The number of nitrogens with zero attached hydrogens (tertiary/aromatic N) is 5. The maximum absolute atomic E-state index is 14.1. The van der Waals surface area contributed by atoms with Crippen LogP contribution in [0.3, 0.4) is 0 Å². The highest BCUT2D eigenvalue weighted by molar-refractivity contribution is 5.76. The highest BCUT2D eigenvalue weighted by atomic mass is 19.1. The van der Waals surface area contributed by atoms with Crippen molar-refractivity contribution in [3.8, 4) is 0 Å². The first-order valence-corrected chi connectivity index (χ1v) is 9.73. The molecule has 0 amide bonds. The number of hydrogen-bond donors (Lipinski definition) is 2. The Balaban J connectivity index is 1.64. The lowest BCUT2D eigenvalue weighted by Gasteiger charge is -2.29. The zero-order chi connectivity index (χ0) is 19.7. The van der Waals surface area contributed by atoms with Gasteiger partial charge in [-0.3, -0.25) is 4.57 Å². The Morgan fingerprint density at radius 3 is 2.61 bits per heavy atom. The standard InChI is InChI=1S/C20H26FN7/c1-13(2)28-18-17(25-20(28)24-16-7-5-4-6-15(16)21)12-22-19(26-18)23-14-8-10-27(3)11-9-14/h4-7,12-14H,8-11H2,1-3H3,(H,24,25)(H,22,23,26). The van der Waals surface area contributed by atoms with Gasteiger partial charge in [0.15, 0.2) is 5.65 Å². The van der Waals surface area contributed by atoms with Gasteiger partial charge < -0.3 is 15.5 Å². The smallest absolute Gasteiger partial charge is 0.224 e. The summed E-state index contributed by atoms with van der Waals surface area (Å²) in [4.78, 5) is 16.1. The number of para-hydroxylation sites is 1. The maximum atomic E-state index is 14.1. The molecule has 2 aromatic heterocycles. The molecule has 0 spiro atoms. The van der Waals surface area contributed by atoms with E-state index < -0.39 is 0 Å². The molecule has 8 heteroatoms. The summed E-state index contributed by atoms with van der Waals surface area (Å²) in [5.41, 5.74) is 1.80. The lowest BCUT2D eigenvalue weighted by Crippen LogP contribution is -2.37. The average molecular weight is 383 g/mol. The molecule has 0 aliphatic carbocycles. The van der Waals surface area contributed by atoms with E-state index in [1.165, 1.54) is 6.07 Å². The van der Waals surface area contributed by atoms with Gasteiger partial charge in [-0.25, -0.2) is 14.4 Å². The molecule has 3 aromatic rings. The number of benzene rings is 1. The SMILES string of the molecule is CC(C)n1c(Nc2ccccc2F)nc2cnc(NC3CCN(C)CC3)nc21. The Hall–Kier alpha value is -2.74. The first-order valence-electron chi connectivity index (χ1n) is 9.73. The number of piperidine rings is 1. The van der Waals surface area contributed by atoms with Crippen LogP contribution in [0.15, 0.2) is 30.5 Å².